The highest BCUT2D eigenvalue weighted by molar-refractivity contribution is 6.68. The zero-order valence-electron chi connectivity index (χ0n) is 8.89. The van der Waals surface area contributed by atoms with Crippen molar-refractivity contribution < 1.29 is 4.80 Å². The van der Waals surface area contributed by atoms with E-state index < -0.39 is 8.32 Å². The van der Waals surface area contributed by atoms with Crippen LogP contribution >= 0.6 is 0 Å². The van der Waals surface area contributed by atoms with Crippen LogP contribution in [0.1, 0.15) is 19.3 Å². The van der Waals surface area contributed by atoms with E-state index in [1.54, 1.807) is 0 Å². The number of unbranched alkanes of at least 4 members (excludes halogenated alkanes) is 2. The van der Waals surface area contributed by atoms with E-state index >= 15 is 0 Å². The molecule has 0 aromatic rings. The first-order valence-electron chi connectivity index (χ1n) is 4.77. The van der Waals surface area contributed by atoms with Crippen molar-refractivity contribution in [2.24, 2.45) is 0 Å². The summed E-state index contributed by atoms with van der Waals surface area (Å²) >= 11 is 0. The van der Waals surface area contributed by atoms with Crippen LogP contribution in [0.3, 0.4) is 0 Å². The molecule has 0 bridgehead atoms. The molecule has 0 radical (unpaired) electrons. The van der Waals surface area contributed by atoms with Gasteiger partial charge in [0, 0.05) is 0 Å². The van der Waals surface area contributed by atoms with Gasteiger partial charge in [0.2, 0.25) is 0 Å². The maximum absolute atomic E-state index is 11.3. The minimum absolute atomic E-state index is 0.945. The van der Waals surface area contributed by atoms with E-state index in [0.717, 1.165) is 19.0 Å². The minimum atomic E-state index is -2.00. The summed E-state index contributed by atoms with van der Waals surface area (Å²) in [5.41, 5.74) is 0. The first-order valence-corrected chi connectivity index (χ1v) is 7.88. The van der Waals surface area contributed by atoms with Gasteiger partial charge in [-0.1, -0.05) is 40.3 Å². The van der Waals surface area contributed by atoms with Crippen molar-refractivity contribution in [3.8, 4) is 0 Å². The quantitative estimate of drug-likeness (QED) is 0.464. The Bertz CT molecular complexity index is 110. The fourth-order valence-corrected chi connectivity index (χ4v) is 2.26. The molecule has 0 spiro atoms. The monoisotopic (exact) mass is 188 g/mol. The van der Waals surface area contributed by atoms with Crippen molar-refractivity contribution in [3.05, 3.63) is 0 Å². The maximum Gasteiger partial charge on any atom is -0.00248 e. The van der Waals surface area contributed by atoms with Crippen LogP contribution in [0.5, 0.6) is 0 Å². The summed E-state index contributed by atoms with van der Waals surface area (Å²) in [5, 5.41) is 0. The topological polar surface area (TPSA) is 26.3 Å². The SMILES string of the molecule is CN(C)CCCCC[Si](C)(C)[O-]. The highest BCUT2D eigenvalue weighted by Crippen LogP contribution is 2.08. The molecule has 74 valence electrons. The van der Waals surface area contributed by atoms with Gasteiger partial charge in [0.15, 0.2) is 0 Å². The average molecular weight is 188 g/mol. The summed E-state index contributed by atoms with van der Waals surface area (Å²) in [6.45, 7) is 4.96. The highest BCUT2D eigenvalue weighted by atomic mass is 28.4. The molecule has 0 N–H and O–H groups in total. The second-order valence-electron chi connectivity index (χ2n) is 4.37. The summed E-state index contributed by atoms with van der Waals surface area (Å²) in [7, 11) is 2.18. The van der Waals surface area contributed by atoms with Crippen molar-refractivity contribution in [2.45, 2.75) is 38.4 Å². The third-order valence-electron chi connectivity index (χ3n) is 1.88. The van der Waals surface area contributed by atoms with Crippen LogP contribution in [0.2, 0.25) is 19.1 Å². The Kier molecular flexibility index (Phi) is 5.79. The summed E-state index contributed by atoms with van der Waals surface area (Å²) < 4.78 is 0. The fraction of sp³-hybridized carbons (Fsp3) is 1.00. The van der Waals surface area contributed by atoms with Crippen LogP contribution in [0.4, 0.5) is 0 Å². The second kappa shape index (κ2) is 5.73. The van der Waals surface area contributed by atoms with Gasteiger partial charge < -0.3 is 9.70 Å². The van der Waals surface area contributed by atoms with Gasteiger partial charge in [0.25, 0.3) is 0 Å². The largest absolute Gasteiger partial charge is 0.859 e. The lowest BCUT2D eigenvalue weighted by atomic mass is 10.2. The molecule has 0 aliphatic heterocycles. The molecule has 0 aromatic heterocycles. The molecule has 0 rings (SSSR count). The zero-order valence-corrected chi connectivity index (χ0v) is 9.89. The third kappa shape index (κ3) is 10.1. The summed E-state index contributed by atoms with van der Waals surface area (Å²) in [5.74, 6) is 0. The molecule has 0 atom stereocenters. The van der Waals surface area contributed by atoms with E-state index in [9.17, 15) is 4.80 Å². The molecule has 0 heterocycles. The Morgan fingerprint density at radius 1 is 1.08 bits per heavy atom. The average Bonchev–Trinajstić information content (AvgIpc) is 1.83. The molecule has 0 saturated heterocycles. The van der Waals surface area contributed by atoms with Crippen LogP contribution in [-0.2, 0) is 0 Å². The highest BCUT2D eigenvalue weighted by Gasteiger charge is 2.02. The fourth-order valence-electron chi connectivity index (χ4n) is 1.16. The lowest BCUT2D eigenvalue weighted by Crippen LogP contribution is -2.42. The van der Waals surface area contributed by atoms with Crippen LogP contribution in [-0.4, -0.2) is 33.9 Å². The number of rotatable bonds is 6. The molecular weight excluding hydrogens is 166 g/mol. The summed E-state index contributed by atoms with van der Waals surface area (Å²) in [4.78, 5) is 13.5. The zero-order chi connectivity index (χ0) is 9.61. The normalized spacial score (nSPS) is 12.5. The molecule has 0 unspecified atom stereocenters. The maximum atomic E-state index is 11.3. The number of nitrogens with zero attached hydrogens (tertiary/aromatic N) is 1. The minimum Gasteiger partial charge on any atom is -0.859 e. The van der Waals surface area contributed by atoms with Gasteiger partial charge in [-0.2, -0.15) is 0 Å². The molecule has 12 heavy (non-hydrogen) atoms. The van der Waals surface area contributed by atoms with Crippen LogP contribution in [0.15, 0.2) is 0 Å². The Labute approximate surface area is 77.7 Å². The molecule has 0 saturated carbocycles. The predicted octanol–water partition coefficient (Wildman–Crippen LogP) is 1.28. The van der Waals surface area contributed by atoms with Gasteiger partial charge in [-0.25, -0.2) is 0 Å². The first-order chi connectivity index (χ1) is 5.42. The molecule has 2 nitrogen and oxygen atoms in total. The molecule has 0 aliphatic rings. The molecule has 3 heteroatoms. The summed E-state index contributed by atoms with van der Waals surface area (Å²) in [6.07, 6.45) is 3.59. The second-order valence-corrected chi connectivity index (χ2v) is 8.39. The molecule has 0 aromatic carbocycles. The van der Waals surface area contributed by atoms with Gasteiger partial charge in [-0.05, 0) is 27.1 Å². The molecule has 0 fully saturated rings. The lowest BCUT2D eigenvalue weighted by molar-refractivity contribution is -0.205. The van der Waals surface area contributed by atoms with Gasteiger partial charge >= 0.3 is 0 Å². The molecule has 0 amide bonds. The Morgan fingerprint density at radius 3 is 2.08 bits per heavy atom. The van der Waals surface area contributed by atoms with E-state index in [1.807, 2.05) is 13.1 Å². The molecule has 0 aliphatic carbocycles. The smallest absolute Gasteiger partial charge is 0.00248 e. The van der Waals surface area contributed by atoms with E-state index in [0.29, 0.717) is 0 Å². The van der Waals surface area contributed by atoms with Crippen molar-refractivity contribution in [1.82, 2.24) is 4.90 Å². The number of hydrogen-bond acceptors (Lipinski definition) is 2. The van der Waals surface area contributed by atoms with Crippen LogP contribution < -0.4 is 4.80 Å². The Balaban J connectivity index is 3.12. The van der Waals surface area contributed by atoms with E-state index in [4.69, 9.17) is 0 Å². The predicted molar refractivity (Wildman–Crippen MR) is 54.7 cm³/mol. The van der Waals surface area contributed by atoms with Crippen molar-refractivity contribution in [1.29, 1.82) is 0 Å². The van der Waals surface area contributed by atoms with Crippen LogP contribution in [0, 0.1) is 0 Å². The van der Waals surface area contributed by atoms with Gasteiger partial charge in [0.05, 0.1) is 0 Å². The van der Waals surface area contributed by atoms with Gasteiger partial charge in [-0.3, -0.25) is 0 Å². The van der Waals surface area contributed by atoms with Crippen molar-refractivity contribution in [2.75, 3.05) is 20.6 Å². The third-order valence-corrected chi connectivity index (χ3v) is 3.44. The van der Waals surface area contributed by atoms with Gasteiger partial charge in [0.1, 0.15) is 0 Å². The van der Waals surface area contributed by atoms with Crippen molar-refractivity contribution >= 4 is 8.32 Å². The lowest BCUT2D eigenvalue weighted by Gasteiger charge is -2.29. The number of hydrogen-bond donors (Lipinski definition) is 0. The van der Waals surface area contributed by atoms with E-state index in [-0.39, 0.29) is 0 Å². The Hall–Kier alpha value is 0.137. The molecular formula is C9H22NOSi-. The van der Waals surface area contributed by atoms with E-state index in [1.165, 1.54) is 12.8 Å². The Morgan fingerprint density at radius 2 is 1.67 bits per heavy atom. The standard InChI is InChI=1S/C9H22NOSi/c1-10(2)8-6-5-7-9-12(3,4)11/h5-9H2,1-4H3/q-1. The van der Waals surface area contributed by atoms with Gasteiger partial charge in [-0.15, -0.1) is 0 Å². The summed E-state index contributed by atoms with van der Waals surface area (Å²) in [6, 6.07) is 0.945. The van der Waals surface area contributed by atoms with Crippen LogP contribution in [0.25, 0.3) is 0 Å². The van der Waals surface area contributed by atoms with E-state index in [2.05, 4.69) is 19.0 Å². The first kappa shape index (κ1) is 12.1. The van der Waals surface area contributed by atoms with Crippen molar-refractivity contribution in [3.63, 3.8) is 0 Å².